The molecule has 7 heteroatoms. The quantitative estimate of drug-likeness (QED) is 0.765. The first-order valence-electron chi connectivity index (χ1n) is 8.80. The number of pyridine rings is 2. The molecular weight excluding hydrogens is 330 g/mol. The zero-order chi connectivity index (χ0) is 18.3. The Bertz CT molecular complexity index is 1030. The molecule has 1 fully saturated rings. The van der Waals surface area contributed by atoms with Gasteiger partial charge in [0.25, 0.3) is 11.5 Å². The van der Waals surface area contributed by atoms with Crippen molar-refractivity contribution in [3.05, 3.63) is 57.9 Å². The van der Waals surface area contributed by atoms with Crippen molar-refractivity contribution in [1.29, 1.82) is 0 Å². The second-order valence-corrected chi connectivity index (χ2v) is 6.86. The van der Waals surface area contributed by atoms with Gasteiger partial charge in [-0.2, -0.15) is 5.10 Å². The van der Waals surface area contributed by atoms with Crippen molar-refractivity contribution >= 4 is 16.8 Å². The van der Waals surface area contributed by atoms with Crippen LogP contribution in [0.5, 0.6) is 0 Å². The molecule has 0 aromatic carbocycles. The second kappa shape index (κ2) is 6.40. The van der Waals surface area contributed by atoms with Crippen molar-refractivity contribution in [2.45, 2.75) is 25.7 Å². The molecular formula is C19H21N5O2. The van der Waals surface area contributed by atoms with E-state index in [0.29, 0.717) is 24.2 Å². The lowest BCUT2D eigenvalue weighted by molar-refractivity contribution is 0.0711. The highest BCUT2D eigenvalue weighted by Crippen LogP contribution is 2.28. The summed E-state index contributed by atoms with van der Waals surface area (Å²) in [7, 11) is 1.82. The molecule has 0 radical (unpaired) electrons. The number of likely N-dealkylation sites (tertiary alicyclic amines) is 1. The van der Waals surface area contributed by atoms with E-state index < -0.39 is 0 Å². The van der Waals surface area contributed by atoms with Gasteiger partial charge in [-0.1, -0.05) is 6.07 Å². The number of H-pyrrole nitrogens is 1. The van der Waals surface area contributed by atoms with Gasteiger partial charge in [-0.3, -0.25) is 19.3 Å². The SMILES string of the molecule is Cc1nn(C)cc1C(=O)N1CCC(c2cc3cccnc3c(=O)[nH]2)CC1. The average Bonchev–Trinajstić information content (AvgIpc) is 2.99. The molecule has 26 heavy (non-hydrogen) atoms. The molecule has 4 heterocycles. The van der Waals surface area contributed by atoms with Crippen LogP contribution >= 0.6 is 0 Å². The Morgan fingerprint density at radius 2 is 2.08 bits per heavy atom. The number of hydrogen-bond acceptors (Lipinski definition) is 4. The molecule has 4 rings (SSSR count). The number of piperidine rings is 1. The Labute approximate surface area is 150 Å². The molecule has 1 amide bonds. The van der Waals surface area contributed by atoms with Gasteiger partial charge in [0.1, 0.15) is 5.52 Å². The lowest BCUT2D eigenvalue weighted by atomic mass is 9.92. The monoisotopic (exact) mass is 351 g/mol. The Hall–Kier alpha value is -2.96. The van der Waals surface area contributed by atoms with Gasteiger partial charge in [0.05, 0.1) is 11.3 Å². The highest BCUT2D eigenvalue weighted by molar-refractivity contribution is 5.95. The van der Waals surface area contributed by atoms with Gasteiger partial charge < -0.3 is 9.88 Å². The fourth-order valence-corrected chi connectivity index (χ4v) is 3.71. The van der Waals surface area contributed by atoms with E-state index in [1.165, 1.54) is 0 Å². The van der Waals surface area contributed by atoms with Crippen LogP contribution in [0, 0.1) is 6.92 Å². The summed E-state index contributed by atoms with van der Waals surface area (Å²) < 4.78 is 1.67. The zero-order valence-corrected chi connectivity index (χ0v) is 14.9. The summed E-state index contributed by atoms with van der Waals surface area (Å²) >= 11 is 0. The minimum Gasteiger partial charge on any atom is -0.338 e. The number of nitrogens with one attached hydrogen (secondary N) is 1. The fourth-order valence-electron chi connectivity index (χ4n) is 3.71. The molecule has 3 aromatic rings. The first-order chi connectivity index (χ1) is 12.5. The maximum absolute atomic E-state index is 12.7. The smallest absolute Gasteiger partial charge is 0.274 e. The average molecular weight is 351 g/mol. The second-order valence-electron chi connectivity index (χ2n) is 6.86. The Balaban J connectivity index is 1.51. The third kappa shape index (κ3) is 2.89. The summed E-state index contributed by atoms with van der Waals surface area (Å²) in [6, 6.07) is 5.76. The van der Waals surface area contributed by atoms with Crippen LogP contribution in [0.4, 0.5) is 0 Å². The van der Waals surface area contributed by atoms with Gasteiger partial charge in [-0.05, 0) is 31.9 Å². The number of carbonyl (C=O) groups is 1. The third-order valence-corrected chi connectivity index (χ3v) is 5.09. The van der Waals surface area contributed by atoms with Gasteiger partial charge in [0, 0.05) is 49.5 Å². The van der Waals surface area contributed by atoms with Crippen molar-refractivity contribution in [2.24, 2.45) is 7.05 Å². The number of aromatic nitrogens is 4. The molecule has 1 aliphatic rings. The maximum Gasteiger partial charge on any atom is 0.274 e. The minimum atomic E-state index is -0.150. The first-order valence-corrected chi connectivity index (χ1v) is 8.80. The molecule has 0 atom stereocenters. The molecule has 3 aromatic heterocycles. The van der Waals surface area contributed by atoms with E-state index in [1.54, 1.807) is 17.1 Å². The summed E-state index contributed by atoms with van der Waals surface area (Å²) in [5.74, 6) is 0.275. The molecule has 0 spiro atoms. The fraction of sp³-hybridized carbons (Fsp3) is 0.368. The minimum absolute atomic E-state index is 0.0326. The van der Waals surface area contributed by atoms with E-state index in [-0.39, 0.29) is 17.4 Å². The molecule has 0 bridgehead atoms. The summed E-state index contributed by atoms with van der Waals surface area (Å²) in [6.45, 7) is 3.20. The number of aryl methyl sites for hydroxylation is 2. The van der Waals surface area contributed by atoms with Crippen LogP contribution in [-0.2, 0) is 7.05 Å². The van der Waals surface area contributed by atoms with Crippen molar-refractivity contribution in [3.63, 3.8) is 0 Å². The van der Waals surface area contributed by atoms with Crippen LogP contribution in [0.3, 0.4) is 0 Å². The summed E-state index contributed by atoms with van der Waals surface area (Å²) in [5.41, 5.74) is 2.67. The predicted octanol–water partition coefficient (Wildman–Crippen LogP) is 1.98. The van der Waals surface area contributed by atoms with Crippen molar-refractivity contribution < 1.29 is 4.79 Å². The Morgan fingerprint density at radius 1 is 1.31 bits per heavy atom. The Kier molecular flexibility index (Phi) is 4.06. The highest BCUT2D eigenvalue weighted by atomic mass is 16.2. The molecule has 1 saturated heterocycles. The standard InChI is InChI=1S/C19H21N5O2/c1-12-15(11-23(2)22-12)19(26)24-8-5-13(6-9-24)16-10-14-4-3-7-20-17(14)18(25)21-16/h3-4,7,10-11,13H,5-6,8-9H2,1-2H3,(H,21,25). The lowest BCUT2D eigenvalue weighted by Crippen LogP contribution is -2.38. The lowest BCUT2D eigenvalue weighted by Gasteiger charge is -2.32. The van der Waals surface area contributed by atoms with E-state index in [0.717, 1.165) is 29.6 Å². The van der Waals surface area contributed by atoms with Crippen LogP contribution < -0.4 is 5.56 Å². The number of nitrogens with zero attached hydrogens (tertiary/aromatic N) is 4. The van der Waals surface area contributed by atoms with Crippen LogP contribution in [0.25, 0.3) is 10.9 Å². The molecule has 1 N–H and O–H groups in total. The maximum atomic E-state index is 12.7. The van der Waals surface area contributed by atoms with E-state index in [1.807, 2.05) is 37.1 Å². The molecule has 0 unspecified atom stereocenters. The van der Waals surface area contributed by atoms with E-state index in [9.17, 15) is 9.59 Å². The van der Waals surface area contributed by atoms with Gasteiger partial charge in [-0.15, -0.1) is 0 Å². The van der Waals surface area contributed by atoms with Gasteiger partial charge in [-0.25, -0.2) is 0 Å². The number of amides is 1. The predicted molar refractivity (Wildman–Crippen MR) is 98.2 cm³/mol. The first kappa shape index (κ1) is 16.5. The number of aromatic amines is 1. The van der Waals surface area contributed by atoms with Crippen LogP contribution in [0.15, 0.2) is 35.4 Å². The van der Waals surface area contributed by atoms with Crippen LogP contribution in [0.1, 0.15) is 40.5 Å². The third-order valence-electron chi connectivity index (χ3n) is 5.09. The number of hydrogen-bond donors (Lipinski definition) is 1. The summed E-state index contributed by atoms with van der Waals surface area (Å²) in [6.07, 6.45) is 5.05. The van der Waals surface area contributed by atoms with Gasteiger partial charge >= 0.3 is 0 Å². The molecule has 0 aliphatic carbocycles. The van der Waals surface area contributed by atoms with E-state index >= 15 is 0 Å². The summed E-state index contributed by atoms with van der Waals surface area (Å²) in [5, 5.41) is 5.11. The van der Waals surface area contributed by atoms with Gasteiger partial charge in [0.2, 0.25) is 0 Å². The van der Waals surface area contributed by atoms with E-state index in [4.69, 9.17) is 0 Å². The van der Waals surface area contributed by atoms with E-state index in [2.05, 4.69) is 15.1 Å². The molecule has 7 nitrogen and oxygen atoms in total. The largest absolute Gasteiger partial charge is 0.338 e. The molecule has 1 aliphatic heterocycles. The zero-order valence-electron chi connectivity index (χ0n) is 14.9. The topological polar surface area (TPSA) is 83.9 Å². The summed E-state index contributed by atoms with van der Waals surface area (Å²) in [4.78, 5) is 34.0. The van der Waals surface area contributed by atoms with Crippen LogP contribution in [-0.4, -0.2) is 43.6 Å². The highest BCUT2D eigenvalue weighted by Gasteiger charge is 2.27. The van der Waals surface area contributed by atoms with Crippen molar-refractivity contribution in [2.75, 3.05) is 13.1 Å². The van der Waals surface area contributed by atoms with Crippen molar-refractivity contribution in [1.82, 2.24) is 24.6 Å². The number of carbonyl (C=O) groups excluding carboxylic acids is 1. The molecule has 0 saturated carbocycles. The number of fused-ring (bicyclic) bond motifs is 1. The normalized spacial score (nSPS) is 15.5. The van der Waals surface area contributed by atoms with Gasteiger partial charge in [0.15, 0.2) is 0 Å². The van der Waals surface area contributed by atoms with Crippen LogP contribution in [0.2, 0.25) is 0 Å². The molecule has 134 valence electrons. The Morgan fingerprint density at radius 3 is 2.77 bits per heavy atom. The number of rotatable bonds is 2. The van der Waals surface area contributed by atoms with Crippen molar-refractivity contribution in [3.8, 4) is 0 Å².